The lowest BCUT2D eigenvalue weighted by Crippen LogP contribution is -2.24. The first-order valence-corrected chi connectivity index (χ1v) is 7.59. The molecule has 0 aliphatic heterocycles. The van der Waals surface area contributed by atoms with Crippen molar-refractivity contribution in [3.05, 3.63) is 35.9 Å². The molecule has 0 aromatic heterocycles. The van der Waals surface area contributed by atoms with Crippen LogP contribution in [0, 0.1) is 23.2 Å². The van der Waals surface area contributed by atoms with Gasteiger partial charge in [0.05, 0.1) is 5.92 Å². The Kier molecular flexibility index (Phi) is 3.27. The largest absolute Gasteiger partial charge is 0.299 e. The van der Waals surface area contributed by atoms with Gasteiger partial charge in [-0.25, -0.2) is 0 Å². The van der Waals surface area contributed by atoms with Crippen LogP contribution in [0.1, 0.15) is 32.8 Å². The summed E-state index contributed by atoms with van der Waals surface area (Å²) in [5, 5.41) is 0. The zero-order chi connectivity index (χ0) is 14.3. The number of carbonyl (C=O) groups excluding carboxylic acids is 1. The Balaban J connectivity index is 1.62. The molecule has 0 spiro atoms. The highest BCUT2D eigenvalue weighted by Gasteiger charge is 2.67. The lowest BCUT2D eigenvalue weighted by molar-refractivity contribution is -0.120. The van der Waals surface area contributed by atoms with Gasteiger partial charge in [0.25, 0.3) is 0 Å². The van der Waals surface area contributed by atoms with E-state index in [1.54, 1.807) is 0 Å². The minimum atomic E-state index is 0.103. The molecular weight excluding hydrogens is 246 g/mol. The zero-order valence-electron chi connectivity index (χ0n) is 12.6. The summed E-state index contributed by atoms with van der Waals surface area (Å²) in [7, 11) is 0. The molecular formula is C18H23NO. The Hall–Kier alpha value is -1.44. The third-order valence-corrected chi connectivity index (χ3v) is 5.32. The molecule has 0 saturated heterocycles. The number of carbonyl (C=O) groups is 1. The van der Waals surface area contributed by atoms with E-state index < -0.39 is 0 Å². The Labute approximate surface area is 121 Å². The SMILES string of the molecule is CC(=NCCc1ccccc1)C1C(=O)C[C@@H]2[C@H]1C2(C)C. The van der Waals surface area contributed by atoms with E-state index in [0.717, 1.165) is 25.1 Å². The first-order chi connectivity index (χ1) is 9.51. The van der Waals surface area contributed by atoms with Crippen LogP contribution < -0.4 is 0 Å². The van der Waals surface area contributed by atoms with Crippen molar-refractivity contribution in [3.8, 4) is 0 Å². The number of Topliss-reactive ketones (excluding diaryl/α,β-unsaturated/α-hetero) is 1. The Morgan fingerprint density at radius 1 is 1.30 bits per heavy atom. The quantitative estimate of drug-likeness (QED) is 0.769. The number of benzene rings is 1. The molecule has 2 fully saturated rings. The van der Waals surface area contributed by atoms with E-state index in [1.807, 2.05) is 13.0 Å². The van der Waals surface area contributed by atoms with Crippen molar-refractivity contribution in [1.29, 1.82) is 0 Å². The van der Waals surface area contributed by atoms with E-state index in [1.165, 1.54) is 5.56 Å². The number of hydrogen-bond acceptors (Lipinski definition) is 2. The van der Waals surface area contributed by atoms with Gasteiger partial charge in [-0.1, -0.05) is 44.2 Å². The summed E-state index contributed by atoms with van der Waals surface area (Å²) in [5.74, 6) is 1.68. The fourth-order valence-electron chi connectivity index (χ4n) is 3.98. The maximum atomic E-state index is 12.1. The molecule has 2 aliphatic carbocycles. The van der Waals surface area contributed by atoms with Crippen LogP contribution >= 0.6 is 0 Å². The van der Waals surface area contributed by atoms with Crippen LogP contribution in [-0.4, -0.2) is 18.0 Å². The van der Waals surface area contributed by atoms with E-state index in [4.69, 9.17) is 4.99 Å². The monoisotopic (exact) mass is 269 g/mol. The molecule has 2 aliphatic rings. The van der Waals surface area contributed by atoms with Gasteiger partial charge in [0, 0.05) is 18.7 Å². The van der Waals surface area contributed by atoms with Gasteiger partial charge in [0.1, 0.15) is 5.78 Å². The topological polar surface area (TPSA) is 29.4 Å². The van der Waals surface area contributed by atoms with Crippen LogP contribution in [0.3, 0.4) is 0 Å². The molecule has 1 unspecified atom stereocenters. The molecule has 3 rings (SSSR count). The van der Waals surface area contributed by atoms with Crippen molar-refractivity contribution in [2.24, 2.45) is 28.2 Å². The van der Waals surface area contributed by atoms with Crippen molar-refractivity contribution in [2.45, 2.75) is 33.6 Å². The van der Waals surface area contributed by atoms with E-state index in [9.17, 15) is 4.79 Å². The van der Waals surface area contributed by atoms with Crippen molar-refractivity contribution < 1.29 is 4.79 Å². The van der Waals surface area contributed by atoms with Gasteiger partial charge in [0.2, 0.25) is 0 Å². The minimum absolute atomic E-state index is 0.103. The van der Waals surface area contributed by atoms with E-state index in [0.29, 0.717) is 23.0 Å². The molecule has 0 bridgehead atoms. The second kappa shape index (κ2) is 4.83. The number of hydrogen-bond donors (Lipinski definition) is 0. The zero-order valence-corrected chi connectivity index (χ0v) is 12.6. The van der Waals surface area contributed by atoms with Gasteiger partial charge in [-0.2, -0.15) is 0 Å². The molecule has 1 aromatic carbocycles. The number of ketones is 1. The van der Waals surface area contributed by atoms with Crippen molar-refractivity contribution >= 4 is 11.5 Å². The lowest BCUT2D eigenvalue weighted by atomic mass is 9.89. The van der Waals surface area contributed by atoms with Crippen molar-refractivity contribution in [2.75, 3.05) is 6.54 Å². The smallest absolute Gasteiger partial charge is 0.142 e. The second-order valence-corrected chi connectivity index (χ2v) is 6.86. The van der Waals surface area contributed by atoms with E-state index >= 15 is 0 Å². The maximum Gasteiger partial charge on any atom is 0.142 e. The number of fused-ring (bicyclic) bond motifs is 1. The van der Waals surface area contributed by atoms with Crippen LogP contribution in [0.4, 0.5) is 0 Å². The lowest BCUT2D eigenvalue weighted by Gasteiger charge is -2.16. The summed E-state index contributed by atoms with van der Waals surface area (Å²) < 4.78 is 0. The molecule has 20 heavy (non-hydrogen) atoms. The number of nitrogens with zero attached hydrogens (tertiary/aromatic N) is 1. The van der Waals surface area contributed by atoms with Crippen LogP contribution in [-0.2, 0) is 11.2 Å². The van der Waals surface area contributed by atoms with Crippen LogP contribution in [0.15, 0.2) is 35.3 Å². The first kappa shape index (κ1) is 13.5. The number of rotatable bonds is 4. The third-order valence-electron chi connectivity index (χ3n) is 5.32. The molecule has 1 aromatic rings. The minimum Gasteiger partial charge on any atom is -0.299 e. The highest BCUT2D eigenvalue weighted by Crippen LogP contribution is 2.68. The van der Waals surface area contributed by atoms with Gasteiger partial charge in [0.15, 0.2) is 0 Å². The van der Waals surface area contributed by atoms with Gasteiger partial charge < -0.3 is 0 Å². The van der Waals surface area contributed by atoms with Gasteiger partial charge in [-0.3, -0.25) is 9.79 Å². The summed E-state index contributed by atoms with van der Waals surface area (Å²) in [6.45, 7) is 7.42. The second-order valence-electron chi connectivity index (χ2n) is 6.86. The summed E-state index contributed by atoms with van der Waals surface area (Å²) in [4.78, 5) is 16.8. The average molecular weight is 269 g/mol. The van der Waals surface area contributed by atoms with Gasteiger partial charge in [-0.05, 0) is 36.2 Å². The summed E-state index contributed by atoms with van der Waals surface area (Å²) in [6.07, 6.45) is 1.73. The predicted molar refractivity (Wildman–Crippen MR) is 82.0 cm³/mol. The summed E-state index contributed by atoms with van der Waals surface area (Å²) in [5.41, 5.74) is 2.73. The molecule has 0 radical (unpaired) electrons. The molecule has 2 heteroatoms. The molecule has 3 atom stereocenters. The molecule has 0 N–H and O–H groups in total. The average Bonchev–Trinajstić information content (AvgIpc) is 2.79. The predicted octanol–water partition coefficient (Wildman–Crippen LogP) is 3.55. The Bertz CT molecular complexity index is 544. The van der Waals surface area contributed by atoms with Gasteiger partial charge >= 0.3 is 0 Å². The van der Waals surface area contributed by atoms with Crippen molar-refractivity contribution in [1.82, 2.24) is 0 Å². The van der Waals surface area contributed by atoms with Gasteiger partial charge in [-0.15, -0.1) is 0 Å². The van der Waals surface area contributed by atoms with E-state index in [-0.39, 0.29) is 5.92 Å². The fraction of sp³-hybridized carbons (Fsp3) is 0.556. The first-order valence-electron chi connectivity index (χ1n) is 7.59. The molecule has 2 nitrogen and oxygen atoms in total. The Morgan fingerprint density at radius 3 is 2.65 bits per heavy atom. The fourth-order valence-corrected chi connectivity index (χ4v) is 3.98. The Morgan fingerprint density at radius 2 is 2.00 bits per heavy atom. The van der Waals surface area contributed by atoms with E-state index in [2.05, 4.69) is 38.1 Å². The van der Waals surface area contributed by atoms with Crippen LogP contribution in [0.2, 0.25) is 0 Å². The summed E-state index contributed by atoms with van der Waals surface area (Å²) >= 11 is 0. The highest BCUT2D eigenvalue weighted by molar-refractivity contribution is 6.07. The number of aliphatic imine (C=N–C) groups is 1. The maximum absolute atomic E-state index is 12.1. The normalized spacial score (nSPS) is 31.2. The standard InChI is InChI=1S/C18H23NO/c1-12(19-10-9-13-7-5-4-6-8-13)16-15(20)11-14-17(16)18(14,2)3/h4-8,14,16-17H,9-11H2,1-3H3/t14-,16?,17-/m1/s1. The third kappa shape index (κ3) is 2.21. The molecule has 0 amide bonds. The molecule has 2 saturated carbocycles. The van der Waals surface area contributed by atoms with Crippen molar-refractivity contribution in [3.63, 3.8) is 0 Å². The highest BCUT2D eigenvalue weighted by atomic mass is 16.1. The molecule has 0 heterocycles. The molecule has 106 valence electrons. The van der Waals surface area contributed by atoms with Crippen LogP contribution in [0.5, 0.6) is 0 Å². The summed E-state index contributed by atoms with van der Waals surface area (Å²) in [6, 6.07) is 10.4. The van der Waals surface area contributed by atoms with Crippen LogP contribution in [0.25, 0.3) is 0 Å².